The molecule has 1 fully saturated rings. The number of benzene rings is 2. The zero-order valence-electron chi connectivity index (χ0n) is 15.8. The van der Waals surface area contributed by atoms with Gasteiger partial charge in [0.2, 0.25) is 0 Å². The summed E-state index contributed by atoms with van der Waals surface area (Å²) < 4.78 is 5.32. The van der Waals surface area contributed by atoms with Crippen molar-refractivity contribution in [1.29, 1.82) is 0 Å². The van der Waals surface area contributed by atoms with Gasteiger partial charge in [-0.1, -0.05) is 30.3 Å². The number of hydrogen-bond donors (Lipinski definition) is 1. The van der Waals surface area contributed by atoms with Crippen molar-refractivity contribution in [2.24, 2.45) is 0 Å². The Morgan fingerprint density at radius 2 is 1.93 bits per heavy atom. The second-order valence-electron chi connectivity index (χ2n) is 7.24. The van der Waals surface area contributed by atoms with Gasteiger partial charge < -0.3 is 14.6 Å². The summed E-state index contributed by atoms with van der Waals surface area (Å²) in [4.78, 5) is 20.4. The number of hydrogen-bond acceptors (Lipinski definition) is 4. The summed E-state index contributed by atoms with van der Waals surface area (Å²) in [5.74, 6) is 0.794. The summed E-state index contributed by atoms with van der Waals surface area (Å²) in [5, 5.41) is 0.995. The van der Waals surface area contributed by atoms with Gasteiger partial charge in [-0.05, 0) is 36.9 Å². The highest BCUT2D eigenvalue weighted by molar-refractivity contribution is 5.80. The van der Waals surface area contributed by atoms with E-state index in [1.165, 1.54) is 5.56 Å². The molecule has 0 saturated carbocycles. The normalized spacial score (nSPS) is 18.7. The summed E-state index contributed by atoms with van der Waals surface area (Å²) in [6.07, 6.45) is 0. The molecule has 4 rings (SSSR count). The largest absolute Gasteiger partial charge is 0.497 e. The average Bonchev–Trinajstić information content (AvgIpc) is 2.70. The molecule has 140 valence electrons. The fourth-order valence-corrected chi connectivity index (χ4v) is 3.83. The minimum Gasteiger partial charge on any atom is -0.497 e. The number of nitrogens with one attached hydrogen (secondary N) is 1. The zero-order chi connectivity index (χ0) is 18.8. The van der Waals surface area contributed by atoms with Crippen LogP contribution < -0.4 is 10.3 Å². The van der Waals surface area contributed by atoms with E-state index in [0.29, 0.717) is 6.54 Å². The number of aromatic amines is 1. The Balaban J connectivity index is 1.67. The fraction of sp³-hybridized carbons (Fsp3) is 0.318. The van der Waals surface area contributed by atoms with Gasteiger partial charge in [0.1, 0.15) is 5.75 Å². The van der Waals surface area contributed by atoms with E-state index < -0.39 is 0 Å². The van der Waals surface area contributed by atoms with E-state index in [1.807, 2.05) is 30.3 Å². The van der Waals surface area contributed by atoms with Crippen LogP contribution in [0.25, 0.3) is 10.9 Å². The van der Waals surface area contributed by atoms with E-state index in [4.69, 9.17) is 4.74 Å². The van der Waals surface area contributed by atoms with Gasteiger partial charge >= 0.3 is 0 Å². The molecule has 1 N–H and O–H groups in total. The molecular formula is C22H25N3O2. The first-order chi connectivity index (χ1) is 13.1. The first-order valence-corrected chi connectivity index (χ1v) is 9.31. The van der Waals surface area contributed by atoms with Crippen LogP contribution in [0.15, 0.2) is 59.4 Å². The quantitative estimate of drug-likeness (QED) is 0.774. The molecule has 2 aromatic carbocycles. The average molecular weight is 363 g/mol. The Morgan fingerprint density at radius 1 is 1.11 bits per heavy atom. The summed E-state index contributed by atoms with van der Waals surface area (Å²) >= 11 is 0. The number of pyridine rings is 1. The molecule has 0 radical (unpaired) electrons. The lowest BCUT2D eigenvalue weighted by molar-refractivity contribution is 0.0830. The van der Waals surface area contributed by atoms with E-state index in [1.54, 1.807) is 7.11 Å². The molecule has 0 spiro atoms. The van der Waals surface area contributed by atoms with Crippen LogP contribution in [0.4, 0.5) is 0 Å². The van der Waals surface area contributed by atoms with Gasteiger partial charge in [0.15, 0.2) is 0 Å². The first-order valence-electron chi connectivity index (χ1n) is 9.31. The van der Waals surface area contributed by atoms with Crippen molar-refractivity contribution >= 4 is 10.9 Å². The third kappa shape index (κ3) is 3.75. The maximum absolute atomic E-state index is 12.6. The van der Waals surface area contributed by atoms with E-state index in [-0.39, 0.29) is 11.6 Å². The van der Waals surface area contributed by atoms with Crippen molar-refractivity contribution in [2.45, 2.75) is 12.6 Å². The van der Waals surface area contributed by atoms with Crippen molar-refractivity contribution in [3.8, 4) is 5.75 Å². The molecule has 1 aliphatic heterocycles. The molecule has 5 nitrogen and oxygen atoms in total. The fourth-order valence-electron chi connectivity index (χ4n) is 3.83. The van der Waals surface area contributed by atoms with Crippen molar-refractivity contribution in [2.75, 3.05) is 33.8 Å². The summed E-state index contributed by atoms with van der Waals surface area (Å²) in [6.45, 7) is 3.54. The zero-order valence-corrected chi connectivity index (χ0v) is 15.8. The van der Waals surface area contributed by atoms with Gasteiger partial charge in [-0.2, -0.15) is 0 Å². The third-order valence-corrected chi connectivity index (χ3v) is 5.38. The van der Waals surface area contributed by atoms with Crippen molar-refractivity contribution < 1.29 is 4.74 Å². The van der Waals surface area contributed by atoms with Gasteiger partial charge in [-0.15, -0.1) is 0 Å². The topological polar surface area (TPSA) is 48.6 Å². The van der Waals surface area contributed by atoms with Crippen LogP contribution >= 0.6 is 0 Å². The molecular weight excluding hydrogens is 338 g/mol. The van der Waals surface area contributed by atoms with Crippen LogP contribution in [0.3, 0.4) is 0 Å². The smallest absolute Gasteiger partial charge is 0.252 e. The second-order valence-corrected chi connectivity index (χ2v) is 7.24. The van der Waals surface area contributed by atoms with Gasteiger partial charge in [-0.3, -0.25) is 9.69 Å². The molecule has 1 aromatic heterocycles. The molecule has 1 saturated heterocycles. The SMILES string of the molecule is COc1ccc2[nH]c(=O)c(CN3CCN(C)C[C@@H]3c3ccccc3)cc2c1. The molecule has 2 heterocycles. The van der Waals surface area contributed by atoms with Crippen LogP contribution in [0.2, 0.25) is 0 Å². The van der Waals surface area contributed by atoms with Crippen LogP contribution in [0, 0.1) is 0 Å². The molecule has 0 bridgehead atoms. The predicted octanol–water partition coefficient (Wildman–Crippen LogP) is 3.03. The maximum atomic E-state index is 12.6. The van der Waals surface area contributed by atoms with Crippen LogP contribution in [-0.4, -0.2) is 48.6 Å². The summed E-state index contributed by atoms with van der Waals surface area (Å²) in [5.41, 5.74) is 2.91. The Bertz CT molecular complexity index is 984. The van der Waals surface area contributed by atoms with Crippen molar-refractivity contribution in [3.63, 3.8) is 0 Å². The number of ether oxygens (including phenoxy) is 1. The molecule has 0 unspecified atom stereocenters. The highest BCUT2D eigenvalue weighted by atomic mass is 16.5. The third-order valence-electron chi connectivity index (χ3n) is 5.38. The van der Waals surface area contributed by atoms with Crippen LogP contribution in [0.1, 0.15) is 17.2 Å². The number of piperazine rings is 1. The Kier molecular flexibility index (Phi) is 4.97. The Labute approximate surface area is 159 Å². The monoisotopic (exact) mass is 363 g/mol. The van der Waals surface area contributed by atoms with E-state index in [9.17, 15) is 4.79 Å². The standard InChI is InChI=1S/C22H25N3O2/c1-24-10-11-25(21(15-24)16-6-4-3-5-7-16)14-18-12-17-13-19(27-2)8-9-20(17)23-22(18)26/h3-9,12-13,21H,10-11,14-15H2,1-2H3,(H,23,26)/t21-/m1/s1. The minimum atomic E-state index is -0.0154. The lowest BCUT2D eigenvalue weighted by Crippen LogP contribution is -2.46. The van der Waals surface area contributed by atoms with Gasteiger partial charge in [0, 0.05) is 48.7 Å². The van der Waals surface area contributed by atoms with Crippen molar-refractivity contribution in [3.05, 3.63) is 76.1 Å². The van der Waals surface area contributed by atoms with Gasteiger partial charge in [0.25, 0.3) is 5.56 Å². The minimum absolute atomic E-state index is 0.0154. The molecule has 1 atom stereocenters. The molecule has 0 amide bonds. The molecule has 1 aliphatic rings. The van der Waals surface area contributed by atoms with Gasteiger partial charge in [0.05, 0.1) is 7.11 Å². The predicted molar refractivity (Wildman–Crippen MR) is 108 cm³/mol. The molecule has 5 heteroatoms. The lowest BCUT2D eigenvalue weighted by atomic mass is 10.0. The van der Waals surface area contributed by atoms with Crippen LogP contribution in [-0.2, 0) is 6.54 Å². The summed E-state index contributed by atoms with van der Waals surface area (Å²) in [6, 6.07) is 18.6. The molecule has 27 heavy (non-hydrogen) atoms. The van der Waals surface area contributed by atoms with Crippen LogP contribution in [0.5, 0.6) is 5.75 Å². The van der Waals surface area contributed by atoms with Crippen molar-refractivity contribution in [1.82, 2.24) is 14.8 Å². The first kappa shape index (κ1) is 17.8. The Hall–Kier alpha value is -2.63. The second kappa shape index (κ2) is 7.55. The maximum Gasteiger partial charge on any atom is 0.252 e. The van der Waals surface area contributed by atoms with E-state index in [0.717, 1.165) is 41.9 Å². The number of likely N-dealkylation sites (N-methyl/N-ethyl adjacent to an activating group) is 1. The van der Waals surface area contributed by atoms with E-state index >= 15 is 0 Å². The number of methoxy groups -OCH3 is 1. The molecule has 0 aliphatic carbocycles. The number of aromatic nitrogens is 1. The van der Waals surface area contributed by atoms with E-state index in [2.05, 4.69) is 46.1 Å². The van der Waals surface area contributed by atoms with Gasteiger partial charge in [-0.25, -0.2) is 0 Å². The highest BCUT2D eigenvalue weighted by Crippen LogP contribution is 2.27. The molecule has 3 aromatic rings. The number of nitrogens with zero attached hydrogens (tertiary/aromatic N) is 2. The highest BCUT2D eigenvalue weighted by Gasteiger charge is 2.27. The number of rotatable bonds is 4. The Morgan fingerprint density at radius 3 is 2.70 bits per heavy atom. The lowest BCUT2D eigenvalue weighted by Gasteiger charge is -2.40. The summed E-state index contributed by atoms with van der Waals surface area (Å²) in [7, 11) is 3.81. The number of H-pyrrole nitrogens is 1. The number of fused-ring (bicyclic) bond motifs is 1.